The van der Waals surface area contributed by atoms with Gasteiger partial charge in [-0.2, -0.15) is 13.2 Å². The van der Waals surface area contributed by atoms with Crippen molar-refractivity contribution in [3.63, 3.8) is 0 Å². The molecule has 0 unspecified atom stereocenters. The van der Waals surface area contributed by atoms with E-state index in [-0.39, 0.29) is 40.1 Å². The van der Waals surface area contributed by atoms with E-state index in [2.05, 4.69) is 10.3 Å². The van der Waals surface area contributed by atoms with Crippen LogP contribution in [0.2, 0.25) is 0 Å². The molecule has 1 N–H and O–H groups in total. The lowest BCUT2D eigenvalue weighted by Gasteiger charge is -2.15. The molecule has 3 aromatic rings. The number of nitrogens with zero attached hydrogens (tertiary/aromatic N) is 2. The molecule has 0 amide bonds. The molecule has 2 aromatic carbocycles. The standard InChI is InChI=1S/C19H14F3N3O4/c1-2-29-18(26)15-10-23-16-8-11(19(20,21)22)6-7-14(16)17(15)24-12-4-3-5-13(9-12)25(27)28/h3-10H,2H2,1H3,(H,23,24). The Labute approximate surface area is 162 Å². The molecule has 0 saturated heterocycles. The lowest BCUT2D eigenvalue weighted by molar-refractivity contribution is -0.384. The van der Waals surface area contributed by atoms with Gasteiger partial charge in [-0.3, -0.25) is 15.1 Å². The maximum absolute atomic E-state index is 13.0. The molecule has 3 rings (SSSR count). The van der Waals surface area contributed by atoms with E-state index < -0.39 is 22.6 Å². The SMILES string of the molecule is CCOC(=O)c1cnc2cc(C(F)(F)F)ccc2c1Nc1cccc([N+](=O)[O-])c1. The number of pyridine rings is 1. The summed E-state index contributed by atoms with van der Waals surface area (Å²) in [5, 5.41) is 14.1. The number of benzene rings is 2. The highest BCUT2D eigenvalue weighted by atomic mass is 19.4. The molecule has 0 aliphatic rings. The van der Waals surface area contributed by atoms with Crippen LogP contribution in [0.25, 0.3) is 10.9 Å². The van der Waals surface area contributed by atoms with Crippen molar-refractivity contribution >= 4 is 33.9 Å². The first-order chi connectivity index (χ1) is 13.7. The van der Waals surface area contributed by atoms with Crippen molar-refractivity contribution in [2.75, 3.05) is 11.9 Å². The Morgan fingerprint density at radius 3 is 2.66 bits per heavy atom. The Balaban J connectivity index is 2.17. The molecule has 29 heavy (non-hydrogen) atoms. The van der Waals surface area contributed by atoms with Crippen LogP contribution in [0.15, 0.2) is 48.7 Å². The van der Waals surface area contributed by atoms with Gasteiger partial charge in [-0.25, -0.2) is 4.79 Å². The number of nitro groups is 1. The molecule has 1 heterocycles. The second-order valence-electron chi connectivity index (χ2n) is 5.93. The zero-order valence-corrected chi connectivity index (χ0v) is 15.0. The molecule has 10 heteroatoms. The van der Waals surface area contributed by atoms with Crippen molar-refractivity contribution in [1.29, 1.82) is 0 Å². The van der Waals surface area contributed by atoms with Gasteiger partial charge in [0, 0.05) is 29.4 Å². The van der Waals surface area contributed by atoms with E-state index in [1.54, 1.807) is 6.92 Å². The first-order valence-electron chi connectivity index (χ1n) is 8.39. The fourth-order valence-electron chi connectivity index (χ4n) is 2.71. The van der Waals surface area contributed by atoms with Gasteiger partial charge in [0.15, 0.2) is 0 Å². The Morgan fingerprint density at radius 2 is 2.00 bits per heavy atom. The summed E-state index contributed by atoms with van der Waals surface area (Å²) in [6, 6.07) is 8.42. The van der Waals surface area contributed by atoms with Crippen LogP contribution in [0.5, 0.6) is 0 Å². The van der Waals surface area contributed by atoms with Crippen LogP contribution >= 0.6 is 0 Å². The monoisotopic (exact) mass is 405 g/mol. The number of esters is 1. The summed E-state index contributed by atoms with van der Waals surface area (Å²) in [5.41, 5.74) is -0.667. The number of hydrogen-bond acceptors (Lipinski definition) is 6. The van der Waals surface area contributed by atoms with Crippen LogP contribution in [-0.2, 0) is 10.9 Å². The third kappa shape index (κ3) is 4.26. The van der Waals surface area contributed by atoms with Crippen LogP contribution in [0.1, 0.15) is 22.8 Å². The summed E-state index contributed by atoms with van der Waals surface area (Å²) >= 11 is 0. The number of alkyl halides is 3. The zero-order valence-electron chi connectivity index (χ0n) is 15.0. The number of anilines is 2. The summed E-state index contributed by atoms with van der Waals surface area (Å²) in [7, 11) is 0. The first kappa shape index (κ1) is 20.1. The summed E-state index contributed by atoms with van der Waals surface area (Å²) in [4.78, 5) is 26.7. The van der Waals surface area contributed by atoms with Crippen LogP contribution in [0.3, 0.4) is 0 Å². The van der Waals surface area contributed by atoms with Gasteiger partial charge >= 0.3 is 12.1 Å². The Hall–Kier alpha value is -3.69. The van der Waals surface area contributed by atoms with Gasteiger partial charge in [0.25, 0.3) is 5.69 Å². The number of hydrogen-bond donors (Lipinski definition) is 1. The number of non-ortho nitro benzene ring substituents is 1. The molecule has 0 saturated carbocycles. The molecule has 1 aromatic heterocycles. The Morgan fingerprint density at radius 1 is 1.24 bits per heavy atom. The third-order valence-electron chi connectivity index (χ3n) is 4.02. The maximum Gasteiger partial charge on any atom is 0.416 e. The summed E-state index contributed by atoms with van der Waals surface area (Å²) < 4.78 is 44.0. The number of nitro benzene ring substituents is 1. The fourth-order valence-corrected chi connectivity index (χ4v) is 2.71. The minimum atomic E-state index is -4.55. The number of nitrogens with one attached hydrogen (secondary N) is 1. The number of carbonyl (C=O) groups is 1. The largest absolute Gasteiger partial charge is 0.462 e. The fraction of sp³-hybridized carbons (Fsp3) is 0.158. The van der Waals surface area contributed by atoms with Crippen LogP contribution in [-0.4, -0.2) is 22.5 Å². The molecule has 0 aliphatic heterocycles. The van der Waals surface area contributed by atoms with Gasteiger partial charge in [-0.05, 0) is 25.1 Å². The molecule has 0 atom stereocenters. The van der Waals surface area contributed by atoms with Crippen molar-refractivity contribution in [2.24, 2.45) is 0 Å². The van der Waals surface area contributed by atoms with E-state index in [9.17, 15) is 28.1 Å². The van der Waals surface area contributed by atoms with E-state index in [0.29, 0.717) is 0 Å². The number of fused-ring (bicyclic) bond motifs is 1. The van der Waals surface area contributed by atoms with Gasteiger partial charge in [0.05, 0.1) is 28.3 Å². The predicted molar refractivity (Wildman–Crippen MR) is 99.1 cm³/mol. The van der Waals surface area contributed by atoms with Crippen LogP contribution in [0.4, 0.5) is 30.2 Å². The Bertz CT molecular complexity index is 1100. The van der Waals surface area contributed by atoms with Gasteiger partial charge in [0.2, 0.25) is 0 Å². The lowest BCUT2D eigenvalue weighted by Crippen LogP contribution is -2.10. The second kappa shape index (κ2) is 7.74. The smallest absolute Gasteiger partial charge is 0.416 e. The van der Waals surface area contributed by atoms with E-state index in [4.69, 9.17) is 4.74 Å². The minimum Gasteiger partial charge on any atom is -0.462 e. The molecular formula is C19H14F3N3O4. The maximum atomic E-state index is 13.0. The van der Waals surface area contributed by atoms with Crippen molar-refractivity contribution in [3.05, 3.63) is 69.9 Å². The zero-order chi connectivity index (χ0) is 21.2. The number of aromatic nitrogens is 1. The molecule has 0 fully saturated rings. The van der Waals surface area contributed by atoms with E-state index in [1.807, 2.05) is 0 Å². The van der Waals surface area contributed by atoms with E-state index >= 15 is 0 Å². The average molecular weight is 405 g/mol. The van der Waals surface area contributed by atoms with Gasteiger partial charge in [-0.15, -0.1) is 0 Å². The normalized spacial score (nSPS) is 11.3. The quantitative estimate of drug-likeness (QED) is 0.361. The summed E-state index contributed by atoms with van der Waals surface area (Å²) in [6.45, 7) is 1.69. The first-order valence-corrected chi connectivity index (χ1v) is 8.39. The Kier molecular flexibility index (Phi) is 5.35. The van der Waals surface area contributed by atoms with Crippen molar-refractivity contribution in [3.8, 4) is 0 Å². The van der Waals surface area contributed by atoms with Gasteiger partial charge in [-0.1, -0.05) is 12.1 Å². The molecule has 0 bridgehead atoms. The van der Waals surface area contributed by atoms with Gasteiger partial charge < -0.3 is 10.1 Å². The average Bonchev–Trinajstić information content (AvgIpc) is 2.67. The van der Waals surface area contributed by atoms with Gasteiger partial charge in [0.1, 0.15) is 5.56 Å². The van der Waals surface area contributed by atoms with Crippen molar-refractivity contribution < 1.29 is 27.6 Å². The van der Waals surface area contributed by atoms with E-state index in [1.165, 1.54) is 30.3 Å². The highest BCUT2D eigenvalue weighted by Gasteiger charge is 2.31. The van der Waals surface area contributed by atoms with Crippen LogP contribution in [0, 0.1) is 10.1 Å². The van der Waals surface area contributed by atoms with Crippen molar-refractivity contribution in [1.82, 2.24) is 4.98 Å². The molecule has 7 nitrogen and oxygen atoms in total. The summed E-state index contributed by atoms with van der Waals surface area (Å²) in [6.07, 6.45) is -3.44. The molecular weight excluding hydrogens is 391 g/mol. The highest BCUT2D eigenvalue weighted by molar-refractivity contribution is 6.06. The molecule has 0 aliphatic carbocycles. The third-order valence-corrected chi connectivity index (χ3v) is 4.02. The summed E-state index contributed by atoms with van der Waals surface area (Å²) in [5.74, 6) is -0.727. The second-order valence-corrected chi connectivity index (χ2v) is 5.93. The topological polar surface area (TPSA) is 94.4 Å². The van der Waals surface area contributed by atoms with E-state index in [0.717, 1.165) is 18.3 Å². The number of halogens is 3. The van der Waals surface area contributed by atoms with Crippen molar-refractivity contribution in [2.45, 2.75) is 13.1 Å². The molecule has 150 valence electrons. The molecule has 0 spiro atoms. The lowest BCUT2D eigenvalue weighted by atomic mass is 10.1. The minimum absolute atomic E-state index is 0.000745. The van der Waals surface area contributed by atoms with Crippen LogP contribution < -0.4 is 5.32 Å². The highest BCUT2D eigenvalue weighted by Crippen LogP contribution is 2.35. The predicted octanol–water partition coefficient (Wildman–Crippen LogP) is 5.08. The molecule has 0 radical (unpaired) electrons. The number of ether oxygens (including phenoxy) is 1. The number of rotatable bonds is 5. The number of carbonyl (C=O) groups excluding carboxylic acids is 1.